The average Bonchev–Trinajstić information content (AvgIpc) is 3.02. The molecule has 144 valence electrons. The molecule has 1 saturated heterocycles. The van der Waals surface area contributed by atoms with Gasteiger partial charge in [-0.1, -0.05) is 6.07 Å². The van der Waals surface area contributed by atoms with E-state index in [1.54, 1.807) is 14.2 Å². The summed E-state index contributed by atoms with van der Waals surface area (Å²) in [5.41, 5.74) is 2.30. The molecular formula is C21H26N2O4. The van der Waals surface area contributed by atoms with E-state index in [1.807, 2.05) is 18.2 Å². The number of rotatable bonds is 5. The summed E-state index contributed by atoms with van der Waals surface area (Å²) in [5, 5.41) is 3.49. The minimum atomic E-state index is 0.0697. The van der Waals surface area contributed by atoms with Crippen molar-refractivity contribution in [3.05, 3.63) is 47.5 Å². The van der Waals surface area contributed by atoms with E-state index in [1.165, 1.54) is 5.56 Å². The van der Waals surface area contributed by atoms with Gasteiger partial charge in [0.05, 0.1) is 20.3 Å². The monoisotopic (exact) mass is 370 g/mol. The highest BCUT2D eigenvalue weighted by Crippen LogP contribution is 2.41. The fraction of sp³-hybridized carbons (Fsp3) is 0.429. The first-order valence-electron chi connectivity index (χ1n) is 9.36. The van der Waals surface area contributed by atoms with E-state index in [4.69, 9.17) is 18.9 Å². The van der Waals surface area contributed by atoms with Crippen molar-refractivity contribution < 1.29 is 18.9 Å². The van der Waals surface area contributed by atoms with E-state index in [2.05, 4.69) is 28.4 Å². The van der Waals surface area contributed by atoms with Crippen molar-refractivity contribution in [1.29, 1.82) is 0 Å². The van der Waals surface area contributed by atoms with Crippen molar-refractivity contribution in [1.82, 2.24) is 10.2 Å². The van der Waals surface area contributed by atoms with Gasteiger partial charge in [-0.05, 0) is 42.8 Å². The van der Waals surface area contributed by atoms with Crippen LogP contribution in [0.3, 0.4) is 0 Å². The van der Waals surface area contributed by atoms with E-state index in [0.717, 1.165) is 61.2 Å². The quantitative estimate of drug-likeness (QED) is 0.874. The topological polar surface area (TPSA) is 52.2 Å². The van der Waals surface area contributed by atoms with Crippen LogP contribution in [-0.2, 0) is 0 Å². The van der Waals surface area contributed by atoms with Gasteiger partial charge in [0.25, 0.3) is 0 Å². The molecule has 0 bridgehead atoms. The lowest BCUT2D eigenvalue weighted by atomic mass is 9.95. The molecule has 0 amide bonds. The number of methoxy groups -OCH3 is 2. The van der Waals surface area contributed by atoms with Crippen LogP contribution in [0.25, 0.3) is 0 Å². The highest BCUT2D eigenvalue weighted by atomic mass is 16.7. The van der Waals surface area contributed by atoms with Gasteiger partial charge in [0.1, 0.15) is 11.5 Å². The van der Waals surface area contributed by atoms with Crippen LogP contribution in [0, 0.1) is 0 Å². The first kappa shape index (κ1) is 17.9. The van der Waals surface area contributed by atoms with Crippen molar-refractivity contribution in [3.8, 4) is 23.0 Å². The first-order chi connectivity index (χ1) is 13.3. The lowest BCUT2D eigenvalue weighted by molar-refractivity contribution is 0.173. The predicted octanol–water partition coefficient (Wildman–Crippen LogP) is 2.82. The Hall–Kier alpha value is -2.44. The Morgan fingerprint density at radius 3 is 2.70 bits per heavy atom. The fourth-order valence-corrected chi connectivity index (χ4v) is 3.84. The van der Waals surface area contributed by atoms with E-state index in [9.17, 15) is 0 Å². The van der Waals surface area contributed by atoms with Crippen LogP contribution in [0.2, 0.25) is 0 Å². The lowest BCUT2D eigenvalue weighted by Gasteiger charge is -2.32. The van der Waals surface area contributed by atoms with Gasteiger partial charge in [-0.3, -0.25) is 4.90 Å². The Kier molecular flexibility index (Phi) is 5.36. The van der Waals surface area contributed by atoms with Crippen LogP contribution in [0.15, 0.2) is 36.4 Å². The minimum Gasteiger partial charge on any atom is -0.497 e. The summed E-state index contributed by atoms with van der Waals surface area (Å²) >= 11 is 0. The highest BCUT2D eigenvalue weighted by molar-refractivity contribution is 5.50. The molecule has 4 rings (SSSR count). The summed E-state index contributed by atoms with van der Waals surface area (Å²) in [6.45, 7) is 4.28. The molecule has 2 heterocycles. The summed E-state index contributed by atoms with van der Waals surface area (Å²) in [4.78, 5) is 2.50. The zero-order valence-electron chi connectivity index (χ0n) is 15.9. The molecule has 6 nitrogen and oxygen atoms in total. The van der Waals surface area contributed by atoms with Crippen LogP contribution >= 0.6 is 0 Å². The van der Waals surface area contributed by atoms with Crippen molar-refractivity contribution in [2.45, 2.75) is 12.5 Å². The molecule has 27 heavy (non-hydrogen) atoms. The molecule has 2 aliphatic heterocycles. The van der Waals surface area contributed by atoms with Gasteiger partial charge in [0.2, 0.25) is 6.79 Å². The molecule has 1 fully saturated rings. The van der Waals surface area contributed by atoms with Crippen molar-refractivity contribution in [3.63, 3.8) is 0 Å². The number of hydrogen-bond donors (Lipinski definition) is 1. The summed E-state index contributed by atoms with van der Waals surface area (Å²) in [6, 6.07) is 12.3. The molecule has 2 aromatic rings. The standard InChI is InChI=1S/C21H26N2O4/c1-24-16-5-6-17(19(13-16)25-2)21(23-10-3-8-22-9-11-23)15-4-7-18-20(12-15)27-14-26-18/h4-7,12-13,21-22H,3,8-11,14H2,1-2H3. The third-order valence-corrected chi connectivity index (χ3v) is 5.19. The molecule has 1 atom stereocenters. The van der Waals surface area contributed by atoms with Gasteiger partial charge in [-0.25, -0.2) is 0 Å². The van der Waals surface area contributed by atoms with Crippen molar-refractivity contribution >= 4 is 0 Å². The van der Waals surface area contributed by atoms with Gasteiger partial charge in [0.15, 0.2) is 11.5 Å². The Bertz CT molecular complexity index is 788. The summed E-state index contributed by atoms with van der Waals surface area (Å²) in [6.07, 6.45) is 1.11. The Labute approximate surface area is 160 Å². The summed E-state index contributed by atoms with van der Waals surface area (Å²) < 4.78 is 22.2. The van der Waals surface area contributed by atoms with Crippen LogP contribution in [0.1, 0.15) is 23.6 Å². The molecule has 2 aliphatic rings. The molecule has 0 spiro atoms. The van der Waals surface area contributed by atoms with Crippen LogP contribution < -0.4 is 24.3 Å². The largest absolute Gasteiger partial charge is 0.497 e. The second-order valence-electron chi connectivity index (χ2n) is 6.76. The maximum absolute atomic E-state index is 5.73. The normalized spacial score (nSPS) is 18.0. The molecular weight excluding hydrogens is 344 g/mol. The van der Waals surface area contributed by atoms with Gasteiger partial charge < -0.3 is 24.3 Å². The summed E-state index contributed by atoms with van der Waals surface area (Å²) in [5.74, 6) is 3.22. The SMILES string of the molecule is COc1ccc(C(c2ccc3c(c2)OCO3)N2CCCNCC2)c(OC)c1. The third kappa shape index (κ3) is 3.68. The van der Waals surface area contributed by atoms with Gasteiger partial charge in [-0.15, -0.1) is 0 Å². The molecule has 1 unspecified atom stereocenters. The van der Waals surface area contributed by atoms with Crippen LogP contribution in [-0.4, -0.2) is 52.1 Å². The summed E-state index contributed by atoms with van der Waals surface area (Å²) in [7, 11) is 3.38. The average molecular weight is 370 g/mol. The number of ether oxygens (including phenoxy) is 4. The maximum atomic E-state index is 5.73. The molecule has 0 saturated carbocycles. The number of nitrogens with zero attached hydrogens (tertiary/aromatic N) is 1. The van der Waals surface area contributed by atoms with E-state index in [0.29, 0.717) is 0 Å². The molecule has 6 heteroatoms. The number of benzene rings is 2. The first-order valence-corrected chi connectivity index (χ1v) is 9.36. The van der Waals surface area contributed by atoms with Gasteiger partial charge in [0, 0.05) is 31.3 Å². The van der Waals surface area contributed by atoms with Gasteiger partial charge in [-0.2, -0.15) is 0 Å². The van der Waals surface area contributed by atoms with E-state index >= 15 is 0 Å². The van der Waals surface area contributed by atoms with E-state index < -0.39 is 0 Å². The van der Waals surface area contributed by atoms with Crippen LogP contribution in [0.5, 0.6) is 23.0 Å². The number of nitrogens with one attached hydrogen (secondary N) is 1. The smallest absolute Gasteiger partial charge is 0.231 e. The minimum absolute atomic E-state index is 0.0697. The Morgan fingerprint density at radius 2 is 1.85 bits per heavy atom. The van der Waals surface area contributed by atoms with Crippen molar-refractivity contribution in [2.75, 3.05) is 47.2 Å². The molecule has 0 aromatic heterocycles. The van der Waals surface area contributed by atoms with Gasteiger partial charge >= 0.3 is 0 Å². The maximum Gasteiger partial charge on any atom is 0.231 e. The Morgan fingerprint density at radius 1 is 0.963 bits per heavy atom. The van der Waals surface area contributed by atoms with E-state index in [-0.39, 0.29) is 12.8 Å². The number of fused-ring (bicyclic) bond motifs is 1. The molecule has 1 N–H and O–H groups in total. The fourth-order valence-electron chi connectivity index (χ4n) is 3.84. The zero-order chi connectivity index (χ0) is 18.6. The number of hydrogen-bond acceptors (Lipinski definition) is 6. The molecule has 2 aromatic carbocycles. The second kappa shape index (κ2) is 8.06. The second-order valence-corrected chi connectivity index (χ2v) is 6.76. The Balaban J connectivity index is 1.78. The predicted molar refractivity (Wildman–Crippen MR) is 103 cm³/mol. The molecule has 0 radical (unpaired) electrons. The van der Waals surface area contributed by atoms with Crippen molar-refractivity contribution in [2.24, 2.45) is 0 Å². The highest BCUT2D eigenvalue weighted by Gasteiger charge is 2.28. The lowest BCUT2D eigenvalue weighted by Crippen LogP contribution is -2.33. The molecule has 0 aliphatic carbocycles. The zero-order valence-corrected chi connectivity index (χ0v) is 15.9. The van der Waals surface area contributed by atoms with Crippen LogP contribution in [0.4, 0.5) is 0 Å². The third-order valence-electron chi connectivity index (χ3n) is 5.19.